The van der Waals surface area contributed by atoms with Crippen LogP contribution in [0.2, 0.25) is 0 Å². The minimum absolute atomic E-state index is 0.00269. The normalized spacial score (nSPS) is 12.8. The molecule has 0 fully saturated rings. The molecule has 59 heavy (non-hydrogen) atoms. The van der Waals surface area contributed by atoms with Gasteiger partial charge in [-0.05, 0) is 57.8 Å². The van der Waals surface area contributed by atoms with Gasteiger partial charge in [0.15, 0.2) is 0 Å². The first-order valence-electron chi connectivity index (χ1n) is 26.1. The van der Waals surface area contributed by atoms with E-state index in [-0.39, 0.29) is 18.5 Å². The minimum Gasteiger partial charge on any atom is -0.466 e. The molecular weight excluding hydrogens is 731 g/mol. The number of hydrogen-bond acceptors (Lipinski definition) is 5. The highest BCUT2D eigenvalue weighted by Gasteiger charge is 2.18. The number of carbonyl (C=O) groups excluding carboxylic acids is 2. The fourth-order valence-electron chi connectivity index (χ4n) is 7.92. The van der Waals surface area contributed by atoms with Crippen molar-refractivity contribution in [2.24, 2.45) is 0 Å². The van der Waals surface area contributed by atoms with E-state index < -0.39 is 12.1 Å². The number of unbranched alkanes of at least 4 members (excludes halogenated alkanes) is 35. The molecular formula is C53H101NO5. The Morgan fingerprint density at radius 3 is 1.20 bits per heavy atom. The molecule has 0 saturated heterocycles. The van der Waals surface area contributed by atoms with Crippen LogP contribution in [0.5, 0.6) is 0 Å². The van der Waals surface area contributed by atoms with Gasteiger partial charge in [0.05, 0.1) is 25.4 Å². The van der Waals surface area contributed by atoms with E-state index in [0.29, 0.717) is 19.4 Å². The fourth-order valence-corrected chi connectivity index (χ4v) is 7.92. The van der Waals surface area contributed by atoms with Gasteiger partial charge in [0.2, 0.25) is 5.91 Å². The second-order valence-electron chi connectivity index (χ2n) is 17.9. The molecule has 0 spiro atoms. The lowest BCUT2D eigenvalue weighted by atomic mass is 10.0. The molecule has 0 aliphatic heterocycles. The quantitative estimate of drug-likeness (QED) is 0.0322. The second-order valence-corrected chi connectivity index (χ2v) is 17.9. The minimum atomic E-state index is -0.853. The van der Waals surface area contributed by atoms with Crippen LogP contribution in [0.4, 0.5) is 0 Å². The van der Waals surface area contributed by atoms with E-state index in [2.05, 4.69) is 31.3 Å². The molecule has 0 rings (SSSR count). The first-order chi connectivity index (χ1) is 29.0. The van der Waals surface area contributed by atoms with Crippen LogP contribution in [0.3, 0.4) is 0 Å². The summed E-state index contributed by atoms with van der Waals surface area (Å²) in [4.78, 5) is 24.4. The average Bonchev–Trinajstić information content (AvgIpc) is 3.24. The first-order valence-corrected chi connectivity index (χ1v) is 26.1. The van der Waals surface area contributed by atoms with Crippen LogP contribution in [0.15, 0.2) is 24.3 Å². The third-order valence-electron chi connectivity index (χ3n) is 12.0. The molecule has 0 aromatic rings. The Balaban J connectivity index is 3.49. The molecule has 0 saturated carbocycles. The van der Waals surface area contributed by atoms with Gasteiger partial charge in [-0.15, -0.1) is 0 Å². The average molecular weight is 832 g/mol. The van der Waals surface area contributed by atoms with Gasteiger partial charge in [-0.1, -0.05) is 231 Å². The van der Waals surface area contributed by atoms with E-state index in [9.17, 15) is 19.8 Å². The number of rotatable bonds is 48. The van der Waals surface area contributed by atoms with E-state index in [4.69, 9.17) is 4.74 Å². The van der Waals surface area contributed by atoms with Crippen LogP contribution in [0.1, 0.15) is 277 Å². The second kappa shape index (κ2) is 49.0. The summed E-state index contributed by atoms with van der Waals surface area (Å²) in [6, 6.07) is -0.638. The Labute approximate surface area is 367 Å². The Morgan fingerprint density at radius 2 is 0.797 bits per heavy atom. The van der Waals surface area contributed by atoms with Crippen molar-refractivity contribution in [3.8, 4) is 0 Å². The van der Waals surface area contributed by atoms with E-state index in [1.54, 1.807) is 6.08 Å². The van der Waals surface area contributed by atoms with Crippen molar-refractivity contribution < 1.29 is 24.5 Å². The lowest BCUT2D eigenvalue weighted by Gasteiger charge is -2.20. The Hall–Kier alpha value is -1.66. The van der Waals surface area contributed by atoms with Crippen molar-refractivity contribution in [1.29, 1.82) is 0 Å². The monoisotopic (exact) mass is 832 g/mol. The number of hydrogen-bond donors (Lipinski definition) is 3. The summed E-state index contributed by atoms with van der Waals surface area (Å²) < 4.78 is 5.46. The number of aliphatic hydroxyl groups excluding tert-OH is 2. The molecule has 0 aromatic carbocycles. The van der Waals surface area contributed by atoms with Gasteiger partial charge in [-0.25, -0.2) is 0 Å². The van der Waals surface area contributed by atoms with Gasteiger partial charge >= 0.3 is 5.97 Å². The fraction of sp³-hybridized carbons (Fsp3) is 0.887. The topological polar surface area (TPSA) is 95.9 Å². The zero-order chi connectivity index (χ0) is 43.0. The van der Waals surface area contributed by atoms with Crippen molar-refractivity contribution in [3.63, 3.8) is 0 Å². The van der Waals surface area contributed by atoms with Gasteiger partial charge < -0.3 is 20.3 Å². The summed E-state index contributed by atoms with van der Waals surface area (Å²) in [5.74, 6) is -0.0880. The number of carbonyl (C=O) groups is 2. The third-order valence-corrected chi connectivity index (χ3v) is 12.0. The van der Waals surface area contributed by atoms with Crippen molar-refractivity contribution in [1.82, 2.24) is 5.32 Å². The van der Waals surface area contributed by atoms with Crippen molar-refractivity contribution in [3.05, 3.63) is 24.3 Å². The van der Waals surface area contributed by atoms with Crippen LogP contribution in [0.25, 0.3) is 0 Å². The van der Waals surface area contributed by atoms with Crippen LogP contribution in [0, 0.1) is 0 Å². The van der Waals surface area contributed by atoms with Gasteiger partial charge in [-0.3, -0.25) is 9.59 Å². The van der Waals surface area contributed by atoms with Crippen LogP contribution >= 0.6 is 0 Å². The zero-order valence-electron chi connectivity index (χ0n) is 39.5. The van der Waals surface area contributed by atoms with Crippen molar-refractivity contribution in [2.45, 2.75) is 289 Å². The number of esters is 1. The van der Waals surface area contributed by atoms with Crippen LogP contribution in [-0.2, 0) is 14.3 Å². The van der Waals surface area contributed by atoms with Crippen molar-refractivity contribution >= 4 is 11.9 Å². The number of ether oxygens (including phenoxy) is 1. The molecule has 348 valence electrons. The molecule has 2 unspecified atom stereocenters. The molecule has 0 aliphatic carbocycles. The number of aliphatic hydroxyl groups is 2. The van der Waals surface area contributed by atoms with Crippen LogP contribution < -0.4 is 5.32 Å². The lowest BCUT2D eigenvalue weighted by molar-refractivity contribution is -0.143. The summed E-state index contributed by atoms with van der Waals surface area (Å²) in [6.07, 6.45) is 57.5. The van der Waals surface area contributed by atoms with E-state index in [1.807, 2.05) is 6.08 Å². The molecule has 2 atom stereocenters. The molecule has 6 nitrogen and oxygen atoms in total. The summed E-state index contributed by atoms with van der Waals surface area (Å²) in [7, 11) is 0. The molecule has 6 heteroatoms. The Kier molecular flexibility index (Phi) is 47.6. The summed E-state index contributed by atoms with van der Waals surface area (Å²) in [5, 5.41) is 23.0. The highest BCUT2D eigenvalue weighted by molar-refractivity contribution is 5.76. The molecule has 0 aromatic heterocycles. The van der Waals surface area contributed by atoms with Gasteiger partial charge in [0, 0.05) is 12.8 Å². The number of amides is 1. The predicted molar refractivity (Wildman–Crippen MR) is 255 cm³/mol. The first kappa shape index (κ1) is 57.3. The van der Waals surface area contributed by atoms with Crippen LogP contribution in [-0.4, -0.2) is 47.4 Å². The standard InChI is InChI=1S/C53H101NO5/c1-3-5-7-9-11-13-15-21-25-29-33-37-41-45-51(56)50(49-55)54-52(57)46-42-38-34-30-26-23-19-17-18-20-24-28-32-36-40-44-48-59-53(58)47-43-39-35-31-27-22-16-14-12-10-8-6-4-2/h17,19,41,45,50-51,55-56H,3-16,18,20-40,42-44,46-49H2,1-2H3,(H,54,57)/b19-17-,45-41+. The molecule has 3 N–H and O–H groups in total. The Morgan fingerprint density at radius 1 is 0.458 bits per heavy atom. The number of nitrogens with one attached hydrogen (secondary N) is 1. The van der Waals surface area contributed by atoms with E-state index in [0.717, 1.165) is 64.2 Å². The largest absolute Gasteiger partial charge is 0.466 e. The SMILES string of the molecule is CCCCCCCCCCCCC/C=C/C(O)C(CO)NC(=O)CCCCCCC/C=C\CCCCCCCCCOC(=O)CCCCCCCCCCCCCCC. The smallest absolute Gasteiger partial charge is 0.305 e. The lowest BCUT2D eigenvalue weighted by Crippen LogP contribution is -2.45. The van der Waals surface area contributed by atoms with E-state index >= 15 is 0 Å². The molecule has 0 heterocycles. The summed E-state index contributed by atoms with van der Waals surface area (Å²) in [5.41, 5.74) is 0. The van der Waals surface area contributed by atoms with Gasteiger partial charge in [0.1, 0.15) is 0 Å². The maximum absolute atomic E-state index is 12.4. The predicted octanol–water partition coefficient (Wildman–Crippen LogP) is 15.5. The van der Waals surface area contributed by atoms with Gasteiger partial charge in [-0.2, -0.15) is 0 Å². The maximum Gasteiger partial charge on any atom is 0.305 e. The summed E-state index contributed by atoms with van der Waals surface area (Å²) in [6.45, 7) is 4.87. The molecule has 0 radical (unpaired) electrons. The maximum atomic E-state index is 12.4. The Bertz CT molecular complexity index is 920. The zero-order valence-corrected chi connectivity index (χ0v) is 39.5. The van der Waals surface area contributed by atoms with Gasteiger partial charge in [0.25, 0.3) is 0 Å². The molecule has 0 aliphatic rings. The highest BCUT2D eigenvalue weighted by Crippen LogP contribution is 2.15. The number of allylic oxidation sites excluding steroid dienone is 3. The van der Waals surface area contributed by atoms with Crippen molar-refractivity contribution in [2.75, 3.05) is 13.2 Å². The summed E-state index contributed by atoms with van der Waals surface area (Å²) >= 11 is 0. The van der Waals surface area contributed by atoms with E-state index in [1.165, 1.54) is 186 Å². The molecule has 1 amide bonds. The molecule has 0 bridgehead atoms. The third kappa shape index (κ3) is 45.7. The highest BCUT2D eigenvalue weighted by atomic mass is 16.5.